The molecule has 23 heavy (non-hydrogen) atoms. The number of carbonyl (C=O) groups is 1. The van der Waals surface area contributed by atoms with Crippen LogP contribution in [-0.4, -0.2) is 24.3 Å². The number of carbonyl (C=O) groups excluding carboxylic acids is 1. The number of rotatable bonds is 5. The Labute approximate surface area is 148 Å². The number of halogens is 2. The first kappa shape index (κ1) is 18.9. The van der Waals surface area contributed by atoms with Crippen LogP contribution in [0.1, 0.15) is 5.56 Å². The number of phenolic OH excluding ortho intramolecular Hbond substituents is 1. The van der Waals surface area contributed by atoms with E-state index in [2.05, 4.69) is 26.5 Å². The van der Waals surface area contributed by atoms with Crippen molar-refractivity contribution in [2.45, 2.75) is 6.54 Å². The Morgan fingerprint density at radius 1 is 1.39 bits per heavy atom. The number of aromatic nitrogens is 1. The number of phenols is 1. The Morgan fingerprint density at radius 3 is 2.74 bits per heavy atom. The van der Waals surface area contributed by atoms with Gasteiger partial charge in [-0.15, -0.1) is 0 Å². The number of aromatic hydroxyl groups is 1. The Balaban J connectivity index is 0.00000264. The Bertz CT molecular complexity index is 696. The fraction of sp³-hybridized carbons (Fsp3) is 0.133. The molecule has 2 N–H and O–H groups in total. The van der Waals surface area contributed by atoms with Crippen LogP contribution in [0.15, 0.2) is 52.3 Å². The summed E-state index contributed by atoms with van der Waals surface area (Å²) in [5.74, 6) is 0.100. The van der Waals surface area contributed by atoms with Crippen LogP contribution in [0.4, 0.5) is 0 Å². The van der Waals surface area contributed by atoms with Gasteiger partial charge < -0.3 is 22.3 Å². The van der Waals surface area contributed by atoms with Gasteiger partial charge in [0.1, 0.15) is 0 Å². The molecule has 0 bridgehead atoms. The highest BCUT2D eigenvalue weighted by Crippen LogP contribution is 2.34. The number of ether oxygens (including phenoxy) is 1. The van der Waals surface area contributed by atoms with Gasteiger partial charge >= 0.3 is 5.91 Å². The molecule has 0 spiro atoms. The lowest BCUT2D eigenvalue weighted by molar-refractivity contribution is -0.684. The monoisotopic (exact) mass is 399 g/mol. The highest BCUT2D eigenvalue weighted by molar-refractivity contribution is 9.10. The van der Waals surface area contributed by atoms with Gasteiger partial charge in [0.15, 0.2) is 23.9 Å². The molecule has 0 aliphatic carbocycles. The molecule has 2 aromatic rings. The summed E-state index contributed by atoms with van der Waals surface area (Å²) in [5.41, 5.74) is 3.12. The average molecular weight is 401 g/mol. The number of hydrazone groups is 1. The van der Waals surface area contributed by atoms with Gasteiger partial charge in [-0.05, 0) is 33.6 Å². The third kappa shape index (κ3) is 5.54. The van der Waals surface area contributed by atoms with E-state index >= 15 is 0 Å². The number of amides is 1. The molecule has 0 unspecified atom stereocenters. The van der Waals surface area contributed by atoms with Crippen LogP contribution in [0, 0.1) is 0 Å². The maximum Gasteiger partial charge on any atom is 0.305 e. The van der Waals surface area contributed by atoms with Gasteiger partial charge in [-0.2, -0.15) is 9.67 Å². The molecule has 0 aliphatic heterocycles. The molecule has 0 fully saturated rings. The number of hydrogen-bond donors (Lipinski definition) is 2. The first-order valence-corrected chi connectivity index (χ1v) is 7.22. The van der Waals surface area contributed by atoms with Crippen LogP contribution in [0.25, 0.3) is 0 Å². The molecule has 6 nitrogen and oxygen atoms in total. The summed E-state index contributed by atoms with van der Waals surface area (Å²) < 4.78 is 7.27. The van der Waals surface area contributed by atoms with Gasteiger partial charge in [-0.25, -0.2) is 5.43 Å². The minimum Gasteiger partial charge on any atom is -1.00 e. The highest BCUT2D eigenvalue weighted by atomic mass is 79.9. The normalized spacial score (nSPS) is 10.2. The van der Waals surface area contributed by atoms with Crippen molar-refractivity contribution in [1.82, 2.24) is 5.43 Å². The maximum atomic E-state index is 11.7. The average Bonchev–Trinajstić information content (AvgIpc) is 2.51. The van der Waals surface area contributed by atoms with Crippen LogP contribution in [0.2, 0.25) is 0 Å². The maximum absolute atomic E-state index is 11.7. The van der Waals surface area contributed by atoms with E-state index in [0.29, 0.717) is 15.8 Å². The van der Waals surface area contributed by atoms with Crippen molar-refractivity contribution in [3.63, 3.8) is 0 Å². The Morgan fingerprint density at radius 2 is 2.09 bits per heavy atom. The van der Waals surface area contributed by atoms with E-state index in [0.717, 1.165) is 0 Å². The molecule has 122 valence electrons. The van der Waals surface area contributed by atoms with Crippen molar-refractivity contribution in [3.8, 4) is 11.5 Å². The second kappa shape index (κ2) is 9.12. The van der Waals surface area contributed by atoms with Gasteiger partial charge in [-0.1, -0.05) is 6.07 Å². The summed E-state index contributed by atoms with van der Waals surface area (Å²) in [6, 6.07) is 8.84. The van der Waals surface area contributed by atoms with E-state index < -0.39 is 0 Å². The predicted octanol–water partition coefficient (Wildman–Crippen LogP) is -1.39. The predicted molar refractivity (Wildman–Crippen MR) is 84.7 cm³/mol. The number of nitrogens with zero attached hydrogens (tertiary/aromatic N) is 2. The zero-order chi connectivity index (χ0) is 15.9. The molecule has 8 heteroatoms. The Hall–Kier alpha value is -2.12. The van der Waals surface area contributed by atoms with Crippen molar-refractivity contribution in [1.29, 1.82) is 0 Å². The summed E-state index contributed by atoms with van der Waals surface area (Å²) in [6.07, 6.45) is 5.07. The second-order valence-electron chi connectivity index (χ2n) is 4.39. The van der Waals surface area contributed by atoms with Gasteiger partial charge in [0.25, 0.3) is 0 Å². The molecule has 1 aromatic carbocycles. The van der Waals surface area contributed by atoms with E-state index in [1.165, 1.54) is 13.3 Å². The molecule has 0 radical (unpaired) electrons. The molecule has 0 atom stereocenters. The van der Waals surface area contributed by atoms with Crippen molar-refractivity contribution in [3.05, 3.63) is 52.8 Å². The van der Waals surface area contributed by atoms with Crippen molar-refractivity contribution >= 4 is 28.1 Å². The van der Waals surface area contributed by atoms with E-state index in [1.54, 1.807) is 29.1 Å². The lowest BCUT2D eigenvalue weighted by Gasteiger charge is -2.06. The number of methoxy groups -OCH3 is 1. The van der Waals surface area contributed by atoms with Crippen molar-refractivity contribution < 1.29 is 31.6 Å². The van der Waals surface area contributed by atoms with Crippen LogP contribution < -0.4 is 27.1 Å². The standard InChI is InChI=1S/C15H14BrN3O3.ClH/c1-22-13-8-11(7-12(16)15(13)21)9-17-18-14(20)10-19-5-3-2-4-6-19;/h2-9H,10H2,1H3,(H-,17,18,20,21);1H. The first-order valence-electron chi connectivity index (χ1n) is 6.42. The molecular formula is C15H15BrClN3O3. The van der Waals surface area contributed by atoms with Gasteiger partial charge in [0, 0.05) is 12.1 Å². The van der Waals surface area contributed by atoms with Crippen molar-refractivity contribution in [2.24, 2.45) is 5.10 Å². The van der Waals surface area contributed by atoms with Crippen LogP contribution >= 0.6 is 15.9 Å². The van der Waals surface area contributed by atoms with Gasteiger partial charge in [-0.3, -0.25) is 4.79 Å². The van der Waals surface area contributed by atoms with E-state index in [1.807, 2.05) is 18.2 Å². The molecular weight excluding hydrogens is 386 g/mol. The fourth-order valence-corrected chi connectivity index (χ4v) is 2.20. The van der Waals surface area contributed by atoms with Gasteiger partial charge in [0.2, 0.25) is 6.54 Å². The van der Waals surface area contributed by atoms with Crippen LogP contribution in [0.3, 0.4) is 0 Å². The summed E-state index contributed by atoms with van der Waals surface area (Å²) >= 11 is 3.22. The van der Waals surface area contributed by atoms with Crippen LogP contribution in [-0.2, 0) is 11.3 Å². The quantitative estimate of drug-likeness (QED) is 0.368. The van der Waals surface area contributed by atoms with Crippen molar-refractivity contribution in [2.75, 3.05) is 7.11 Å². The summed E-state index contributed by atoms with van der Waals surface area (Å²) in [7, 11) is 1.46. The third-order valence-electron chi connectivity index (χ3n) is 2.78. The SMILES string of the molecule is COc1cc(/C=N/NC(=O)C[n+]2ccccc2)cc(Br)c1O.[Cl-]. The summed E-state index contributed by atoms with van der Waals surface area (Å²) in [6.45, 7) is 0.181. The molecule has 2 rings (SSSR count). The lowest BCUT2D eigenvalue weighted by Crippen LogP contribution is -3.00. The zero-order valence-electron chi connectivity index (χ0n) is 12.2. The minimum atomic E-state index is -0.239. The number of benzene rings is 1. The number of pyridine rings is 1. The molecule has 1 amide bonds. The Kier molecular flexibility index (Phi) is 7.50. The molecule has 1 heterocycles. The minimum absolute atomic E-state index is 0. The first-order chi connectivity index (χ1) is 10.6. The molecule has 0 aliphatic rings. The number of hydrogen-bond acceptors (Lipinski definition) is 4. The number of nitrogens with one attached hydrogen (secondary N) is 1. The lowest BCUT2D eigenvalue weighted by atomic mass is 10.2. The zero-order valence-corrected chi connectivity index (χ0v) is 14.6. The molecule has 0 saturated heterocycles. The summed E-state index contributed by atoms with van der Waals surface area (Å²) in [4.78, 5) is 11.7. The van der Waals surface area contributed by atoms with E-state index in [4.69, 9.17) is 4.74 Å². The molecule has 1 aromatic heterocycles. The third-order valence-corrected chi connectivity index (χ3v) is 3.38. The second-order valence-corrected chi connectivity index (χ2v) is 5.25. The fourth-order valence-electron chi connectivity index (χ4n) is 1.74. The summed E-state index contributed by atoms with van der Waals surface area (Å²) in [5, 5.41) is 13.6. The van der Waals surface area contributed by atoms with E-state index in [-0.39, 0.29) is 30.6 Å². The van der Waals surface area contributed by atoms with E-state index in [9.17, 15) is 9.90 Å². The highest BCUT2D eigenvalue weighted by Gasteiger charge is 2.08. The topological polar surface area (TPSA) is 74.8 Å². The van der Waals surface area contributed by atoms with Crippen LogP contribution in [0.5, 0.6) is 11.5 Å². The largest absolute Gasteiger partial charge is 1.00 e. The smallest absolute Gasteiger partial charge is 0.305 e. The molecule has 0 saturated carbocycles. The van der Waals surface area contributed by atoms with Gasteiger partial charge in [0.05, 0.1) is 17.8 Å².